The molecule has 5 heteroatoms. The van der Waals surface area contributed by atoms with E-state index in [1.807, 2.05) is 36.4 Å². The number of benzene rings is 2. The zero-order valence-electron chi connectivity index (χ0n) is 18.8. The molecule has 0 radical (unpaired) electrons. The van der Waals surface area contributed by atoms with Gasteiger partial charge < -0.3 is 14.6 Å². The van der Waals surface area contributed by atoms with E-state index in [4.69, 9.17) is 9.47 Å². The number of carbonyl (C=O) groups excluding carboxylic acids is 1. The minimum Gasteiger partial charge on any atom is -0.485 e. The molecule has 1 spiro atoms. The summed E-state index contributed by atoms with van der Waals surface area (Å²) in [5, 5.41) is 12.3. The molecule has 32 heavy (non-hydrogen) atoms. The number of hydrogen-bond acceptors (Lipinski definition) is 5. The Morgan fingerprint density at radius 2 is 2.00 bits per heavy atom. The summed E-state index contributed by atoms with van der Waals surface area (Å²) >= 11 is 0. The lowest BCUT2D eigenvalue weighted by molar-refractivity contribution is -0.189. The maximum atomic E-state index is 13.1. The van der Waals surface area contributed by atoms with Crippen LogP contribution >= 0.6 is 0 Å². The number of ketones is 1. The van der Waals surface area contributed by atoms with Crippen LogP contribution in [0, 0.1) is 5.92 Å². The minimum absolute atomic E-state index is 0.0207. The molecule has 6 rings (SSSR count). The van der Waals surface area contributed by atoms with Crippen molar-refractivity contribution in [3.63, 3.8) is 0 Å². The number of rotatable bonds is 5. The van der Waals surface area contributed by atoms with E-state index in [2.05, 4.69) is 24.8 Å². The first-order valence-corrected chi connectivity index (χ1v) is 11.9. The van der Waals surface area contributed by atoms with Crippen molar-refractivity contribution in [3.8, 4) is 11.5 Å². The van der Waals surface area contributed by atoms with Crippen LogP contribution in [0.15, 0.2) is 42.5 Å². The van der Waals surface area contributed by atoms with Gasteiger partial charge in [-0.15, -0.1) is 0 Å². The number of likely N-dealkylation sites (tertiary alicyclic amines) is 1. The number of nitrogens with zero attached hydrogens (tertiary/aromatic N) is 1. The van der Waals surface area contributed by atoms with Crippen molar-refractivity contribution in [2.45, 2.75) is 69.3 Å². The maximum absolute atomic E-state index is 13.1. The van der Waals surface area contributed by atoms with Crippen molar-refractivity contribution in [3.05, 3.63) is 59.2 Å². The second-order valence-corrected chi connectivity index (χ2v) is 10.4. The molecule has 168 valence electrons. The number of Topliss-reactive ketones (excluding diaryl/α,β-unsaturated/α-hetero) is 1. The molecular weight excluding hydrogens is 402 g/mol. The molecule has 1 N–H and O–H groups in total. The summed E-state index contributed by atoms with van der Waals surface area (Å²) in [7, 11) is 0. The normalized spacial score (nSPS) is 32.6. The van der Waals surface area contributed by atoms with E-state index in [9.17, 15) is 9.90 Å². The van der Waals surface area contributed by atoms with Crippen molar-refractivity contribution in [1.82, 2.24) is 4.90 Å². The summed E-state index contributed by atoms with van der Waals surface area (Å²) in [6.07, 6.45) is 1.81. The Balaban J connectivity index is 1.45. The molecule has 2 aliphatic heterocycles. The fourth-order valence-corrected chi connectivity index (χ4v) is 6.94. The third-order valence-corrected chi connectivity index (χ3v) is 8.19. The molecule has 2 aromatic carbocycles. The van der Waals surface area contributed by atoms with E-state index in [0.29, 0.717) is 36.9 Å². The van der Waals surface area contributed by atoms with E-state index < -0.39 is 17.1 Å². The molecule has 0 unspecified atom stereocenters. The van der Waals surface area contributed by atoms with Gasteiger partial charge in [0.1, 0.15) is 6.61 Å². The second-order valence-electron chi connectivity index (χ2n) is 10.4. The molecular formula is C27H31NO4. The number of piperidine rings is 1. The van der Waals surface area contributed by atoms with Gasteiger partial charge in [0.2, 0.25) is 0 Å². The monoisotopic (exact) mass is 433 g/mol. The average Bonchev–Trinajstić information content (AvgIpc) is 3.14. The van der Waals surface area contributed by atoms with E-state index >= 15 is 0 Å². The SMILES string of the molecule is CC(C)CN1CC[C@]23c4c5ccc(OCc6ccccc6)c4O[C@H]2C(=O)CC[C@@]3(O)[C@H]1C5. The summed E-state index contributed by atoms with van der Waals surface area (Å²) in [5.74, 6) is 2.01. The van der Waals surface area contributed by atoms with Crippen molar-refractivity contribution < 1.29 is 19.4 Å². The van der Waals surface area contributed by atoms with Crippen LogP contribution in [0.2, 0.25) is 0 Å². The quantitative estimate of drug-likeness (QED) is 0.780. The van der Waals surface area contributed by atoms with Crippen molar-refractivity contribution in [1.29, 1.82) is 0 Å². The molecule has 4 aliphatic rings. The lowest BCUT2D eigenvalue weighted by atomic mass is 9.49. The molecule has 1 saturated carbocycles. The average molecular weight is 434 g/mol. The van der Waals surface area contributed by atoms with Crippen LogP contribution in [0.1, 0.15) is 49.8 Å². The van der Waals surface area contributed by atoms with Gasteiger partial charge in [-0.3, -0.25) is 9.69 Å². The van der Waals surface area contributed by atoms with E-state index in [1.54, 1.807) is 0 Å². The zero-order chi connectivity index (χ0) is 22.1. The molecule has 2 aromatic rings. The van der Waals surface area contributed by atoms with Crippen molar-refractivity contribution in [2.24, 2.45) is 5.92 Å². The number of ether oxygens (including phenoxy) is 2. The summed E-state index contributed by atoms with van der Waals surface area (Å²) in [5.41, 5.74) is 1.72. The highest BCUT2D eigenvalue weighted by atomic mass is 16.5. The highest BCUT2D eigenvalue weighted by Gasteiger charge is 2.73. The van der Waals surface area contributed by atoms with Gasteiger partial charge in [-0.25, -0.2) is 0 Å². The van der Waals surface area contributed by atoms with Crippen molar-refractivity contribution >= 4 is 5.78 Å². The largest absolute Gasteiger partial charge is 0.485 e. The Kier molecular flexibility index (Phi) is 4.47. The molecule has 2 aliphatic carbocycles. The lowest BCUT2D eigenvalue weighted by Gasteiger charge is -2.62. The van der Waals surface area contributed by atoms with Gasteiger partial charge in [0, 0.05) is 24.6 Å². The van der Waals surface area contributed by atoms with E-state index in [1.165, 1.54) is 5.56 Å². The van der Waals surface area contributed by atoms with Crippen LogP contribution < -0.4 is 9.47 Å². The molecule has 2 heterocycles. The summed E-state index contributed by atoms with van der Waals surface area (Å²) in [4.78, 5) is 15.6. The fourth-order valence-electron chi connectivity index (χ4n) is 6.94. The van der Waals surface area contributed by atoms with E-state index in [0.717, 1.165) is 37.1 Å². The molecule has 2 bridgehead atoms. The minimum atomic E-state index is -0.949. The Bertz CT molecular complexity index is 1070. The third kappa shape index (κ3) is 2.61. The van der Waals surface area contributed by atoms with Gasteiger partial charge in [-0.1, -0.05) is 50.2 Å². The Morgan fingerprint density at radius 1 is 1.19 bits per heavy atom. The number of aliphatic hydroxyl groups is 1. The fraction of sp³-hybridized carbons (Fsp3) is 0.519. The standard InChI is InChI=1S/C27H31NO4/c1-17(2)15-28-13-12-26-23-19-8-9-21(31-16-18-6-4-3-5-7-18)24(23)32-25(26)20(29)10-11-27(26,30)22(28)14-19/h3-9,17,22,25,30H,10-16H2,1-2H3/t22-,25+,26+,27-/m1/s1. The number of carbonyl (C=O) groups is 1. The molecule has 2 fully saturated rings. The molecule has 0 aromatic heterocycles. The van der Waals surface area contributed by atoms with Crippen LogP contribution in [0.3, 0.4) is 0 Å². The van der Waals surface area contributed by atoms with Crippen LogP contribution in [-0.2, 0) is 23.2 Å². The highest BCUT2D eigenvalue weighted by Crippen LogP contribution is 2.64. The first-order chi connectivity index (χ1) is 15.4. The van der Waals surface area contributed by atoms with Crippen LogP contribution in [0.5, 0.6) is 11.5 Å². The third-order valence-electron chi connectivity index (χ3n) is 8.19. The predicted molar refractivity (Wildman–Crippen MR) is 121 cm³/mol. The van der Waals surface area contributed by atoms with Gasteiger partial charge in [0.05, 0.1) is 11.0 Å². The molecule has 5 nitrogen and oxygen atoms in total. The zero-order valence-corrected chi connectivity index (χ0v) is 18.8. The van der Waals surface area contributed by atoms with Crippen molar-refractivity contribution in [2.75, 3.05) is 13.1 Å². The highest BCUT2D eigenvalue weighted by molar-refractivity contribution is 5.90. The van der Waals surface area contributed by atoms with Crippen LogP contribution in [0.4, 0.5) is 0 Å². The van der Waals surface area contributed by atoms with Gasteiger partial charge in [0.15, 0.2) is 23.4 Å². The Labute approximate surface area is 189 Å². The van der Waals surface area contributed by atoms with E-state index in [-0.39, 0.29) is 11.8 Å². The van der Waals surface area contributed by atoms with Gasteiger partial charge >= 0.3 is 0 Å². The Hall–Kier alpha value is -2.37. The summed E-state index contributed by atoms with van der Waals surface area (Å²) in [6, 6.07) is 14.2. The molecule has 0 amide bonds. The second kappa shape index (κ2) is 7.06. The van der Waals surface area contributed by atoms with Crippen LogP contribution in [-0.4, -0.2) is 46.6 Å². The topological polar surface area (TPSA) is 59.0 Å². The maximum Gasteiger partial charge on any atom is 0.174 e. The smallest absolute Gasteiger partial charge is 0.174 e. The Morgan fingerprint density at radius 3 is 2.78 bits per heavy atom. The molecule has 1 saturated heterocycles. The summed E-state index contributed by atoms with van der Waals surface area (Å²) < 4.78 is 12.6. The molecule has 4 atom stereocenters. The lowest BCUT2D eigenvalue weighted by Crippen LogP contribution is -2.76. The predicted octanol–water partition coefficient (Wildman–Crippen LogP) is 3.64. The van der Waals surface area contributed by atoms with Crippen LogP contribution in [0.25, 0.3) is 0 Å². The first kappa shape index (κ1) is 20.3. The van der Waals surface area contributed by atoms with Gasteiger partial charge in [-0.2, -0.15) is 0 Å². The first-order valence-electron chi connectivity index (χ1n) is 11.9. The summed E-state index contributed by atoms with van der Waals surface area (Å²) in [6.45, 7) is 6.74. The van der Waals surface area contributed by atoms with Gasteiger partial charge in [0.25, 0.3) is 0 Å². The van der Waals surface area contributed by atoms with Gasteiger partial charge in [-0.05, 0) is 48.9 Å². The number of hydrogen-bond donors (Lipinski definition) is 1.